The van der Waals surface area contributed by atoms with E-state index in [-0.39, 0.29) is 0 Å². The molecule has 1 aromatic heterocycles. The fraction of sp³-hybridized carbons (Fsp3) is 0.357. The maximum absolute atomic E-state index is 4.02. The standard InChI is InChI=1S/C14H17N/c1-2-3-4-5-6-7-8-10-14-11-9-12-15-13-14/h8-13H,2-5H2,1H3/b10-8-. The average molecular weight is 199 g/mol. The Balaban J connectivity index is 2.27. The summed E-state index contributed by atoms with van der Waals surface area (Å²) in [4.78, 5) is 4.02. The first-order valence-corrected chi connectivity index (χ1v) is 5.48. The van der Waals surface area contributed by atoms with Crippen LogP contribution in [-0.2, 0) is 0 Å². The molecular formula is C14H17N. The van der Waals surface area contributed by atoms with Gasteiger partial charge < -0.3 is 0 Å². The smallest absolute Gasteiger partial charge is 0.0340 e. The number of allylic oxidation sites excluding steroid dienone is 1. The number of hydrogen-bond donors (Lipinski definition) is 0. The van der Waals surface area contributed by atoms with Crippen molar-refractivity contribution in [1.82, 2.24) is 4.98 Å². The number of hydrogen-bond acceptors (Lipinski definition) is 1. The van der Waals surface area contributed by atoms with Crippen molar-refractivity contribution < 1.29 is 0 Å². The molecule has 0 radical (unpaired) electrons. The Morgan fingerprint density at radius 2 is 2.33 bits per heavy atom. The Morgan fingerprint density at radius 3 is 3.07 bits per heavy atom. The van der Waals surface area contributed by atoms with Crippen molar-refractivity contribution in [3.8, 4) is 11.8 Å². The summed E-state index contributed by atoms with van der Waals surface area (Å²) < 4.78 is 0. The molecule has 1 heterocycles. The van der Waals surface area contributed by atoms with Crippen LogP contribution in [-0.4, -0.2) is 4.98 Å². The van der Waals surface area contributed by atoms with Crippen LogP contribution >= 0.6 is 0 Å². The van der Waals surface area contributed by atoms with Gasteiger partial charge in [0, 0.05) is 18.8 Å². The van der Waals surface area contributed by atoms with Gasteiger partial charge in [-0.25, -0.2) is 0 Å². The van der Waals surface area contributed by atoms with Gasteiger partial charge in [0.15, 0.2) is 0 Å². The van der Waals surface area contributed by atoms with E-state index in [0.717, 1.165) is 12.0 Å². The highest BCUT2D eigenvalue weighted by atomic mass is 14.6. The molecule has 0 aliphatic heterocycles. The van der Waals surface area contributed by atoms with Crippen LogP contribution < -0.4 is 0 Å². The van der Waals surface area contributed by atoms with Crippen LogP contribution in [0.1, 0.15) is 38.2 Å². The number of rotatable bonds is 4. The van der Waals surface area contributed by atoms with Gasteiger partial charge in [-0.2, -0.15) is 0 Å². The van der Waals surface area contributed by atoms with E-state index in [4.69, 9.17) is 0 Å². The summed E-state index contributed by atoms with van der Waals surface area (Å²) in [5.74, 6) is 6.17. The summed E-state index contributed by atoms with van der Waals surface area (Å²) >= 11 is 0. The molecule has 0 aromatic carbocycles. The monoisotopic (exact) mass is 199 g/mol. The van der Waals surface area contributed by atoms with Gasteiger partial charge in [0.05, 0.1) is 0 Å². The molecule has 1 rings (SSSR count). The lowest BCUT2D eigenvalue weighted by atomic mass is 10.2. The Kier molecular flexibility index (Phi) is 6.01. The minimum atomic E-state index is 1.01. The summed E-state index contributed by atoms with van der Waals surface area (Å²) in [5.41, 5.74) is 1.10. The fourth-order valence-electron chi connectivity index (χ4n) is 1.21. The van der Waals surface area contributed by atoms with Gasteiger partial charge in [-0.3, -0.25) is 4.98 Å². The Hall–Kier alpha value is -1.55. The summed E-state index contributed by atoms with van der Waals surface area (Å²) in [6.07, 6.45) is 12.2. The second-order valence-electron chi connectivity index (χ2n) is 3.40. The van der Waals surface area contributed by atoms with Gasteiger partial charge >= 0.3 is 0 Å². The van der Waals surface area contributed by atoms with Gasteiger partial charge in [-0.15, -0.1) is 0 Å². The molecule has 1 nitrogen and oxygen atoms in total. The topological polar surface area (TPSA) is 12.9 Å². The Bertz CT molecular complexity index is 341. The van der Waals surface area contributed by atoms with Crippen molar-refractivity contribution in [1.29, 1.82) is 0 Å². The van der Waals surface area contributed by atoms with Crippen molar-refractivity contribution in [2.45, 2.75) is 32.6 Å². The highest BCUT2D eigenvalue weighted by Gasteiger charge is 1.81. The highest BCUT2D eigenvalue weighted by Crippen LogP contribution is 1.98. The van der Waals surface area contributed by atoms with Crippen molar-refractivity contribution in [2.24, 2.45) is 0 Å². The van der Waals surface area contributed by atoms with E-state index in [0.29, 0.717) is 0 Å². The van der Waals surface area contributed by atoms with E-state index in [9.17, 15) is 0 Å². The normalized spacial score (nSPS) is 9.93. The number of nitrogens with zero attached hydrogens (tertiary/aromatic N) is 1. The SMILES string of the molecule is CCCCCC#C/C=C\c1cccnc1. The predicted octanol–water partition coefficient (Wildman–Crippen LogP) is 3.68. The highest BCUT2D eigenvalue weighted by molar-refractivity contribution is 5.51. The van der Waals surface area contributed by atoms with Crippen molar-refractivity contribution in [3.63, 3.8) is 0 Å². The maximum Gasteiger partial charge on any atom is 0.0340 e. The third-order valence-corrected chi connectivity index (χ3v) is 2.05. The molecule has 0 saturated carbocycles. The van der Waals surface area contributed by atoms with Gasteiger partial charge in [-0.05, 0) is 30.2 Å². The number of pyridine rings is 1. The lowest BCUT2D eigenvalue weighted by molar-refractivity contribution is 0.737. The van der Waals surface area contributed by atoms with Crippen LogP contribution in [0.4, 0.5) is 0 Å². The Labute approximate surface area is 92.2 Å². The molecular weight excluding hydrogens is 182 g/mol. The second kappa shape index (κ2) is 7.82. The predicted molar refractivity (Wildman–Crippen MR) is 65.2 cm³/mol. The molecule has 78 valence electrons. The molecule has 0 amide bonds. The summed E-state index contributed by atoms with van der Waals surface area (Å²) in [6, 6.07) is 3.94. The van der Waals surface area contributed by atoms with Gasteiger partial charge in [0.1, 0.15) is 0 Å². The molecule has 0 aliphatic carbocycles. The van der Waals surface area contributed by atoms with Crippen LogP contribution in [0.3, 0.4) is 0 Å². The molecule has 0 spiro atoms. The summed E-state index contributed by atoms with van der Waals surface area (Å²) in [7, 11) is 0. The van der Waals surface area contributed by atoms with Crippen molar-refractivity contribution >= 4 is 6.08 Å². The molecule has 0 fully saturated rings. The third kappa shape index (κ3) is 5.70. The van der Waals surface area contributed by atoms with Crippen molar-refractivity contribution in [2.75, 3.05) is 0 Å². The first kappa shape index (κ1) is 11.5. The van der Waals surface area contributed by atoms with Gasteiger partial charge in [-0.1, -0.05) is 37.7 Å². The zero-order valence-electron chi connectivity index (χ0n) is 9.24. The first-order chi connectivity index (χ1) is 7.43. The Morgan fingerprint density at radius 1 is 1.40 bits per heavy atom. The molecule has 0 N–H and O–H groups in total. The quantitative estimate of drug-likeness (QED) is 0.532. The van der Waals surface area contributed by atoms with E-state index in [1.165, 1.54) is 19.3 Å². The molecule has 1 aromatic rings. The van der Waals surface area contributed by atoms with Crippen LogP contribution in [0, 0.1) is 11.8 Å². The lowest BCUT2D eigenvalue weighted by Gasteiger charge is -1.88. The molecule has 15 heavy (non-hydrogen) atoms. The molecule has 1 heteroatoms. The van der Waals surface area contributed by atoms with E-state index < -0.39 is 0 Å². The lowest BCUT2D eigenvalue weighted by Crippen LogP contribution is -1.72. The van der Waals surface area contributed by atoms with Crippen LogP contribution in [0.25, 0.3) is 6.08 Å². The van der Waals surface area contributed by atoms with Crippen LogP contribution in [0.2, 0.25) is 0 Å². The molecule has 0 atom stereocenters. The molecule has 0 unspecified atom stereocenters. The molecule has 0 bridgehead atoms. The molecule has 0 aliphatic rings. The number of aromatic nitrogens is 1. The van der Waals surface area contributed by atoms with E-state index in [2.05, 4.69) is 23.7 Å². The van der Waals surface area contributed by atoms with E-state index >= 15 is 0 Å². The van der Waals surface area contributed by atoms with Crippen molar-refractivity contribution in [3.05, 3.63) is 36.2 Å². The molecule has 0 saturated heterocycles. The van der Waals surface area contributed by atoms with Crippen LogP contribution in [0.5, 0.6) is 0 Å². The van der Waals surface area contributed by atoms with Crippen LogP contribution in [0.15, 0.2) is 30.6 Å². The van der Waals surface area contributed by atoms with E-state index in [1.54, 1.807) is 6.20 Å². The second-order valence-corrected chi connectivity index (χ2v) is 3.40. The maximum atomic E-state index is 4.02. The summed E-state index contributed by atoms with van der Waals surface area (Å²) in [6.45, 7) is 2.20. The minimum Gasteiger partial charge on any atom is -0.264 e. The number of unbranched alkanes of at least 4 members (excludes halogenated alkanes) is 3. The fourth-order valence-corrected chi connectivity index (χ4v) is 1.21. The van der Waals surface area contributed by atoms with E-state index in [1.807, 2.05) is 30.5 Å². The first-order valence-electron chi connectivity index (χ1n) is 5.48. The zero-order chi connectivity index (χ0) is 10.8. The van der Waals surface area contributed by atoms with Gasteiger partial charge in [0.25, 0.3) is 0 Å². The third-order valence-electron chi connectivity index (χ3n) is 2.05. The minimum absolute atomic E-state index is 1.01. The van der Waals surface area contributed by atoms with Gasteiger partial charge in [0.2, 0.25) is 0 Å². The largest absolute Gasteiger partial charge is 0.264 e. The average Bonchev–Trinajstić information content (AvgIpc) is 2.29. The summed E-state index contributed by atoms with van der Waals surface area (Å²) in [5, 5.41) is 0. The zero-order valence-corrected chi connectivity index (χ0v) is 9.24.